The molecular formula is C33H30O8. The fourth-order valence-corrected chi connectivity index (χ4v) is 10.6. The minimum Gasteiger partial charge on any atom is -0.496 e. The Morgan fingerprint density at radius 1 is 0.683 bits per heavy atom. The second-order valence-electron chi connectivity index (χ2n) is 12.3. The first kappa shape index (κ1) is 24.0. The molecule has 4 aliphatic heterocycles. The molecule has 210 valence electrons. The molecule has 0 radical (unpaired) electrons. The molecule has 3 aromatic carbocycles. The van der Waals surface area contributed by atoms with Crippen LogP contribution >= 0.6 is 0 Å². The van der Waals surface area contributed by atoms with Crippen LogP contribution in [0, 0.1) is 23.7 Å². The Morgan fingerprint density at radius 3 is 1.54 bits per heavy atom. The van der Waals surface area contributed by atoms with E-state index in [2.05, 4.69) is 12.1 Å². The highest BCUT2D eigenvalue weighted by Crippen LogP contribution is 2.83. The van der Waals surface area contributed by atoms with Crippen molar-refractivity contribution in [3.63, 3.8) is 0 Å². The van der Waals surface area contributed by atoms with Gasteiger partial charge < -0.3 is 28.4 Å². The van der Waals surface area contributed by atoms with Gasteiger partial charge in [0.15, 0.2) is 11.2 Å². The highest BCUT2D eigenvalue weighted by molar-refractivity contribution is 5.98. The van der Waals surface area contributed by atoms with Gasteiger partial charge in [0.05, 0.1) is 40.6 Å². The number of fused-ring (bicyclic) bond motifs is 23. The molecule has 0 spiro atoms. The summed E-state index contributed by atoms with van der Waals surface area (Å²) in [6.07, 6.45) is 0.00996. The highest BCUT2D eigenvalue weighted by Gasteiger charge is 2.90. The van der Waals surface area contributed by atoms with Gasteiger partial charge in [0, 0.05) is 45.6 Å². The standard InChI is InChI=1S/C33H30O8/c1-36-26-14-9-5-6-10-15(14)27(37-2)21-19-13-18(20(21)26)22-23(19)33(31(35)39-4)25-24(32(22,41-33)30(34)38-3)28-16-11-7-8-12-17(16)29(25)40-28/h5-12,18-19,22-25,28-29H,13H2,1-4H3/t18-,19+,22-,23+,24-,25+,28-,29+,32-,33+. The van der Waals surface area contributed by atoms with Gasteiger partial charge >= 0.3 is 11.9 Å². The van der Waals surface area contributed by atoms with Crippen molar-refractivity contribution >= 4 is 22.7 Å². The van der Waals surface area contributed by atoms with Gasteiger partial charge in [-0.05, 0) is 29.4 Å². The largest absolute Gasteiger partial charge is 0.496 e. The first-order valence-electron chi connectivity index (χ1n) is 14.3. The van der Waals surface area contributed by atoms with Crippen LogP contribution in [0.5, 0.6) is 11.5 Å². The maximum atomic E-state index is 14.2. The fourth-order valence-electron chi connectivity index (χ4n) is 10.6. The van der Waals surface area contributed by atoms with E-state index < -0.39 is 23.1 Å². The van der Waals surface area contributed by atoms with Crippen LogP contribution in [-0.4, -0.2) is 51.6 Å². The summed E-state index contributed by atoms with van der Waals surface area (Å²) in [5, 5.41) is 1.92. The Morgan fingerprint density at radius 2 is 1.12 bits per heavy atom. The van der Waals surface area contributed by atoms with Gasteiger partial charge in [0.1, 0.15) is 11.5 Å². The van der Waals surface area contributed by atoms with Crippen LogP contribution in [0.15, 0.2) is 48.5 Å². The van der Waals surface area contributed by atoms with E-state index in [-0.39, 0.29) is 47.7 Å². The highest BCUT2D eigenvalue weighted by atomic mass is 16.6. The summed E-state index contributed by atoms with van der Waals surface area (Å²) in [7, 11) is 6.19. The van der Waals surface area contributed by atoms with Crippen molar-refractivity contribution in [3.05, 3.63) is 70.8 Å². The van der Waals surface area contributed by atoms with Crippen molar-refractivity contribution in [3.8, 4) is 11.5 Å². The average molecular weight is 555 g/mol. The lowest BCUT2D eigenvalue weighted by atomic mass is 9.49. The third-order valence-corrected chi connectivity index (χ3v) is 11.4. The third kappa shape index (κ3) is 2.31. The summed E-state index contributed by atoms with van der Waals surface area (Å²) < 4.78 is 37.1. The van der Waals surface area contributed by atoms with Crippen LogP contribution < -0.4 is 9.47 Å². The molecule has 0 unspecified atom stereocenters. The molecule has 0 N–H and O–H groups in total. The van der Waals surface area contributed by atoms with Crippen LogP contribution in [0.4, 0.5) is 0 Å². The molecule has 3 aromatic rings. The predicted octanol–water partition coefficient (Wildman–Crippen LogP) is 4.60. The van der Waals surface area contributed by atoms with Crippen molar-refractivity contribution in [1.82, 2.24) is 0 Å². The quantitative estimate of drug-likeness (QED) is 0.433. The van der Waals surface area contributed by atoms with Gasteiger partial charge in [-0.1, -0.05) is 48.5 Å². The minimum absolute atomic E-state index is 0.102. The summed E-state index contributed by atoms with van der Waals surface area (Å²) in [5.41, 5.74) is 1.48. The van der Waals surface area contributed by atoms with Crippen LogP contribution in [0.3, 0.4) is 0 Å². The summed E-state index contributed by atoms with van der Waals surface area (Å²) in [6, 6.07) is 16.2. The molecule has 2 aliphatic carbocycles. The number of rotatable bonds is 4. The second kappa shape index (κ2) is 7.61. The summed E-state index contributed by atoms with van der Waals surface area (Å²) in [6.45, 7) is 0. The Balaban J connectivity index is 1.35. The van der Waals surface area contributed by atoms with E-state index >= 15 is 0 Å². The lowest BCUT2D eigenvalue weighted by Gasteiger charge is -2.48. The van der Waals surface area contributed by atoms with Crippen molar-refractivity contribution in [1.29, 1.82) is 0 Å². The normalized spacial score (nSPS) is 39.3. The Kier molecular flexibility index (Phi) is 4.46. The number of hydrogen-bond donors (Lipinski definition) is 0. The lowest BCUT2D eigenvalue weighted by Crippen LogP contribution is -2.60. The summed E-state index contributed by atoms with van der Waals surface area (Å²) >= 11 is 0. The smallest absolute Gasteiger partial charge is 0.338 e. The van der Waals surface area contributed by atoms with E-state index in [1.165, 1.54) is 14.2 Å². The van der Waals surface area contributed by atoms with Crippen molar-refractivity contribution < 1.29 is 38.0 Å². The number of ether oxygens (including phenoxy) is 6. The van der Waals surface area contributed by atoms with E-state index in [9.17, 15) is 9.59 Å². The molecule has 4 heterocycles. The maximum absolute atomic E-state index is 14.2. The minimum atomic E-state index is -1.37. The topological polar surface area (TPSA) is 89.5 Å². The third-order valence-electron chi connectivity index (χ3n) is 11.4. The monoisotopic (exact) mass is 554 g/mol. The van der Waals surface area contributed by atoms with E-state index in [0.29, 0.717) is 0 Å². The molecular weight excluding hydrogens is 524 g/mol. The van der Waals surface area contributed by atoms with Crippen LogP contribution in [-0.2, 0) is 28.5 Å². The van der Waals surface area contributed by atoms with E-state index in [1.54, 1.807) is 14.2 Å². The molecule has 0 amide bonds. The van der Waals surface area contributed by atoms with Gasteiger partial charge in [-0.25, -0.2) is 9.59 Å². The molecule has 1 saturated carbocycles. The van der Waals surface area contributed by atoms with Gasteiger partial charge in [-0.15, -0.1) is 0 Å². The molecule has 9 rings (SSSR count). The van der Waals surface area contributed by atoms with Gasteiger partial charge in [0.25, 0.3) is 0 Å². The van der Waals surface area contributed by atoms with Crippen LogP contribution in [0.25, 0.3) is 10.8 Å². The van der Waals surface area contributed by atoms with Crippen molar-refractivity contribution in [2.75, 3.05) is 28.4 Å². The molecule has 6 bridgehead atoms. The zero-order valence-electron chi connectivity index (χ0n) is 23.2. The number of esters is 2. The SMILES string of the molecule is COC(=O)[C@@]12O[C@@](C(=O)OC)([C@@H]3[C@H]1[C@@H]1C[C@H]3c3c1c(OC)c1ccccc1c3OC)[C@H]1[C@@H]2[C@@H]2O[C@H]1c1ccccc12. The zero-order valence-corrected chi connectivity index (χ0v) is 23.2. The van der Waals surface area contributed by atoms with E-state index in [1.807, 2.05) is 36.4 Å². The Labute approximate surface area is 236 Å². The van der Waals surface area contributed by atoms with Crippen LogP contribution in [0.1, 0.15) is 52.7 Å². The molecule has 8 nitrogen and oxygen atoms in total. The number of carbonyl (C=O) groups is 2. The maximum Gasteiger partial charge on any atom is 0.338 e. The van der Waals surface area contributed by atoms with Crippen LogP contribution in [0.2, 0.25) is 0 Å². The lowest BCUT2D eigenvalue weighted by molar-refractivity contribution is -0.192. The number of hydrogen-bond acceptors (Lipinski definition) is 8. The zero-order chi connectivity index (χ0) is 28.0. The van der Waals surface area contributed by atoms with Gasteiger partial charge in [0.2, 0.25) is 0 Å². The first-order valence-corrected chi connectivity index (χ1v) is 14.3. The van der Waals surface area contributed by atoms with Gasteiger partial charge in [-0.2, -0.15) is 0 Å². The number of benzene rings is 3. The predicted molar refractivity (Wildman–Crippen MR) is 145 cm³/mol. The van der Waals surface area contributed by atoms with Gasteiger partial charge in [-0.3, -0.25) is 0 Å². The molecule has 8 heteroatoms. The van der Waals surface area contributed by atoms with E-state index in [0.717, 1.165) is 50.9 Å². The average Bonchev–Trinajstić information content (AvgIpc) is 3.84. The number of methoxy groups -OCH3 is 4. The molecule has 41 heavy (non-hydrogen) atoms. The molecule has 4 fully saturated rings. The fraction of sp³-hybridized carbons (Fsp3) is 0.455. The number of carbonyl (C=O) groups excluding carboxylic acids is 2. The molecule has 6 aliphatic rings. The molecule has 0 aromatic heterocycles. The Hall–Kier alpha value is -3.62. The summed E-state index contributed by atoms with van der Waals surface area (Å²) in [5.74, 6) is -0.904. The van der Waals surface area contributed by atoms with E-state index in [4.69, 9.17) is 28.4 Å². The summed E-state index contributed by atoms with van der Waals surface area (Å²) in [4.78, 5) is 28.4. The second-order valence-corrected chi connectivity index (χ2v) is 12.3. The first-order chi connectivity index (χ1) is 20.0. The van der Waals surface area contributed by atoms with Crippen molar-refractivity contribution in [2.24, 2.45) is 23.7 Å². The Bertz CT molecular complexity index is 1580. The molecule has 3 saturated heterocycles. The van der Waals surface area contributed by atoms with Crippen molar-refractivity contribution in [2.45, 2.75) is 41.7 Å². The molecule has 10 atom stereocenters.